The topological polar surface area (TPSA) is 18.5 Å². The van der Waals surface area contributed by atoms with E-state index in [4.69, 9.17) is 9.47 Å². The van der Waals surface area contributed by atoms with E-state index in [-0.39, 0.29) is 40.0 Å². The van der Waals surface area contributed by atoms with Crippen molar-refractivity contribution in [1.82, 2.24) is 0 Å². The Balaban J connectivity index is 0.00000544. The molecule has 0 aliphatic carbocycles. The Morgan fingerprint density at radius 2 is 1.18 bits per heavy atom. The van der Waals surface area contributed by atoms with Gasteiger partial charge in [-0.15, -0.1) is 34.9 Å². The van der Waals surface area contributed by atoms with Crippen LogP contribution in [0.1, 0.15) is 102 Å². The number of rotatable bonds is 17. The third kappa shape index (κ3) is 12.8. The molecule has 34 heavy (non-hydrogen) atoms. The smallest absolute Gasteiger partial charge is 1.00 e. The molecule has 0 N–H and O–H groups in total. The largest absolute Gasteiger partial charge is 2.00 e. The summed E-state index contributed by atoms with van der Waals surface area (Å²) in [5.74, 6) is 1.74. The van der Waals surface area contributed by atoms with Gasteiger partial charge in [-0.2, -0.15) is 0 Å². The molecule has 0 saturated carbocycles. The Morgan fingerprint density at radius 3 is 1.74 bits per heavy atom. The van der Waals surface area contributed by atoms with E-state index in [1.54, 1.807) is 0 Å². The molecule has 0 spiro atoms. The van der Waals surface area contributed by atoms with Crippen molar-refractivity contribution >= 4 is 23.1 Å². The van der Waals surface area contributed by atoms with Crippen molar-refractivity contribution < 1.29 is 26.5 Å². The molecule has 186 valence electrons. The van der Waals surface area contributed by atoms with Crippen LogP contribution < -0.4 is 26.5 Å². The second kappa shape index (κ2) is 20.5. The summed E-state index contributed by atoms with van der Waals surface area (Å²) in [6, 6.07) is 14.0. The maximum atomic E-state index is 6.23. The van der Waals surface area contributed by atoms with Crippen LogP contribution in [0, 0.1) is 19.9 Å². The second-order valence-corrected chi connectivity index (χ2v) is 9.11. The number of unbranched alkanes of at least 4 members (excludes halogenated alkanes) is 10. The average molecular weight is 542 g/mol. The van der Waals surface area contributed by atoms with E-state index >= 15 is 0 Å². The van der Waals surface area contributed by atoms with Gasteiger partial charge in [0.25, 0.3) is 0 Å². The van der Waals surface area contributed by atoms with Crippen molar-refractivity contribution in [3.05, 3.63) is 47.5 Å². The molecule has 0 unspecified atom stereocenters. The average Bonchev–Trinajstić information content (AvgIpc) is 2.80. The van der Waals surface area contributed by atoms with Gasteiger partial charge >= 0.3 is 23.1 Å². The molecule has 2 aromatic carbocycles. The first-order valence-electron chi connectivity index (χ1n) is 13.0. The minimum Gasteiger partial charge on any atom is -1.00 e. The van der Waals surface area contributed by atoms with Crippen molar-refractivity contribution in [2.75, 3.05) is 13.2 Å². The van der Waals surface area contributed by atoms with Crippen LogP contribution >= 0.6 is 0 Å². The summed E-state index contributed by atoms with van der Waals surface area (Å²) < 4.78 is 12.4. The van der Waals surface area contributed by atoms with Crippen LogP contribution in [0.4, 0.5) is 0 Å². The van der Waals surface area contributed by atoms with Gasteiger partial charge < -0.3 is 26.5 Å². The van der Waals surface area contributed by atoms with Gasteiger partial charge in [0.05, 0.1) is 13.2 Å². The number of benzene rings is 2. The van der Waals surface area contributed by atoms with Gasteiger partial charge in [-0.05, 0) is 18.9 Å². The molecule has 0 heterocycles. The van der Waals surface area contributed by atoms with E-state index in [9.17, 15) is 0 Å². The van der Waals surface area contributed by atoms with Gasteiger partial charge in [-0.1, -0.05) is 110 Å². The standard InChI is InChI=1S/C30H45O2.BrH.Mg/c1-5-7-9-11-13-15-21-31-29-20-19-28(27-18-17-25(3)26(4)23-27)24-30(29)32-22-16-14-12-10-8-6-2;;/h17,19-20,23-24H,5-16,21-22H2,1-4H3;1H;/q-1;;+2/p-1. The Hall–Kier alpha value is -0.714. The van der Waals surface area contributed by atoms with Gasteiger partial charge in [0, 0.05) is 0 Å². The Labute approximate surface area is 236 Å². The Morgan fingerprint density at radius 1 is 0.647 bits per heavy atom. The molecule has 0 fully saturated rings. The van der Waals surface area contributed by atoms with E-state index < -0.39 is 0 Å². The van der Waals surface area contributed by atoms with E-state index in [2.05, 4.69) is 64.1 Å². The first kappa shape index (κ1) is 33.3. The fourth-order valence-corrected chi connectivity index (χ4v) is 3.88. The van der Waals surface area contributed by atoms with E-state index in [1.165, 1.54) is 75.3 Å². The fraction of sp³-hybridized carbons (Fsp3) is 0.600. The molecule has 0 aliphatic heterocycles. The zero-order chi connectivity index (χ0) is 23.0. The summed E-state index contributed by atoms with van der Waals surface area (Å²) in [7, 11) is 0. The number of hydrogen-bond donors (Lipinski definition) is 0. The Bertz CT molecular complexity index is 778. The fourth-order valence-electron chi connectivity index (χ4n) is 3.88. The van der Waals surface area contributed by atoms with Crippen LogP contribution in [0.25, 0.3) is 11.1 Å². The number of aryl methyl sites for hydroxylation is 2. The van der Waals surface area contributed by atoms with Crippen LogP contribution in [0.15, 0.2) is 30.3 Å². The molecule has 0 amide bonds. The van der Waals surface area contributed by atoms with Gasteiger partial charge in [0.2, 0.25) is 0 Å². The molecule has 0 atom stereocenters. The first-order chi connectivity index (χ1) is 15.7. The van der Waals surface area contributed by atoms with Crippen LogP contribution in [0.5, 0.6) is 11.5 Å². The summed E-state index contributed by atoms with van der Waals surface area (Å²) in [6.07, 6.45) is 15.2. The SMILES string of the molecule is CCCCCCCCOc1ccc(-c2[c-]cc(C)c(C)c2)cc1OCCCCCCCC.[Br-].[Mg+2]. The molecule has 2 nitrogen and oxygen atoms in total. The van der Waals surface area contributed by atoms with E-state index in [0.717, 1.165) is 48.7 Å². The summed E-state index contributed by atoms with van der Waals surface area (Å²) >= 11 is 0. The molecular weight excluding hydrogens is 497 g/mol. The van der Waals surface area contributed by atoms with Crippen molar-refractivity contribution in [3.63, 3.8) is 0 Å². The van der Waals surface area contributed by atoms with Gasteiger partial charge in [0.1, 0.15) is 0 Å². The van der Waals surface area contributed by atoms with Crippen molar-refractivity contribution in [1.29, 1.82) is 0 Å². The van der Waals surface area contributed by atoms with Crippen LogP contribution in [0.2, 0.25) is 0 Å². The van der Waals surface area contributed by atoms with Crippen LogP contribution in [0.3, 0.4) is 0 Å². The summed E-state index contributed by atoms with van der Waals surface area (Å²) in [6.45, 7) is 10.3. The zero-order valence-electron chi connectivity index (χ0n) is 22.2. The van der Waals surface area contributed by atoms with Crippen LogP contribution in [-0.4, -0.2) is 36.3 Å². The van der Waals surface area contributed by atoms with Gasteiger partial charge in [0.15, 0.2) is 11.5 Å². The normalized spacial score (nSPS) is 10.4. The molecule has 0 bridgehead atoms. The van der Waals surface area contributed by atoms with Gasteiger partial charge in [-0.3, -0.25) is 0 Å². The van der Waals surface area contributed by atoms with E-state index in [1.807, 2.05) is 0 Å². The zero-order valence-corrected chi connectivity index (χ0v) is 25.2. The molecule has 2 aromatic rings. The van der Waals surface area contributed by atoms with Crippen molar-refractivity contribution in [2.45, 2.75) is 105 Å². The maximum absolute atomic E-state index is 6.23. The number of hydrogen-bond acceptors (Lipinski definition) is 2. The minimum absolute atomic E-state index is 0. The molecule has 2 rings (SSSR count). The van der Waals surface area contributed by atoms with E-state index in [0.29, 0.717) is 0 Å². The molecule has 0 radical (unpaired) electrons. The monoisotopic (exact) mass is 540 g/mol. The summed E-state index contributed by atoms with van der Waals surface area (Å²) in [5.41, 5.74) is 4.81. The molecule has 4 heteroatoms. The molecule has 0 aliphatic rings. The molecule has 0 aromatic heterocycles. The number of halogens is 1. The minimum atomic E-state index is 0. The van der Waals surface area contributed by atoms with Crippen molar-refractivity contribution in [2.24, 2.45) is 0 Å². The number of ether oxygens (including phenoxy) is 2. The van der Waals surface area contributed by atoms with Gasteiger partial charge in [-0.25, -0.2) is 0 Å². The summed E-state index contributed by atoms with van der Waals surface area (Å²) in [4.78, 5) is 0. The molecule has 0 saturated heterocycles. The second-order valence-electron chi connectivity index (χ2n) is 9.11. The molecular formula is C30H45BrMgO2. The first-order valence-corrected chi connectivity index (χ1v) is 13.0. The van der Waals surface area contributed by atoms with Crippen molar-refractivity contribution in [3.8, 4) is 22.6 Å². The third-order valence-corrected chi connectivity index (χ3v) is 6.19. The predicted molar refractivity (Wildman–Crippen MR) is 144 cm³/mol. The maximum Gasteiger partial charge on any atom is 2.00 e. The Kier molecular flexibility index (Phi) is 20.0. The predicted octanol–water partition coefficient (Wildman–Crippen LogP) is 5.87. The van der Waals surface area contributed by atoms with Crippen LogP contribution in [-0.2, 0) is 0 Å². The summed E-state index contributed by atoms with van der Waals surface area (Å²) in [5, 5.41) is 0. The quantitative estimate of drug-likeness (QED) is 0.142. The third-order valence-electron chi connectivity index (χ3n) is 6.19.